The maximum absolute atomic E-state index is 10.9. The summed E-state index contributed by atoms with van der Waals surface area (Å²) in [6.07, 6.45) is 0.796. The van der Waals surface area contributed by atoms with Gasteiger partial charge in [-0.15, -0.1) is 0 Å². The molecule has 1 aromatic rings. The lowest BCUT2D eigenvalue weighted by Gasteiger charge is -2.28. The molecule has 0 bridgehead atoms. The average molecular weight is 280 g/mol. The predicted octanol–water partition coefficient (Wildman–Crippen LogP) is 1.53. The molecule has 1 aliphatic heterocycles. The van der Waals surface area contributed by atoms with Gasteiger partial charge in [-0.25, -0.2) is 0 Å². The average Bonchev–Trinajstić information content (AvgIpc) is 2.44. The van der Waals surface area contributed by atoms with E-state index in [0.29, 0.717) is 25.2 Å². The normalized spacial score (nSPS) is 22.6. The van der Waals surface area contributed by atoms with Crippen LogP contribution >= 0.6 is 0 Å². The lowest BCUT2D eigenvalue weighted by molar-refractivity contribution is -0.385. The zero-order valence-electron chi connectivity index (χ0n) is 11.6. The van der Waals surface area contributed by atoms with Crippen molar-refractivity contribution in [1.82, 2.24) is 5.32 Å². The van der Waals surface area contributed by atoms with E-state index in [1.165, 1.54) is 6.07 Å². The predicted molar refractivity (Wildman–Crippen MR) is 74.8 cm³/mol. The van der Waals surface area contributed by atoms with Gasteiger partial charge in [0, 0.05) is 31.1 Å². The highest BCUT2D eigenvalue weighted by Gasteiger charge is 2.18. The summed E-state index contributed by atoms with van der Waals surface area (Å²) in [7, 11) is 0. The van der Waals surface area contributed by atoms with E-state index in [0.717, 1.165) is 13.1 Å². The molecular weight excluding hydrogens is 260 g/mol. The van der Waals surface area contributed by atoms with E-state index in [1.54, 1.807) is 18.2 Å². The number of rotatable bonds is 6. The first-order valence-electron chi connectivity index (χ1n) is 6.83. The summed E-state index contributed by atoms with van der Waals surface area (Å²) in [5.41, 5.74) is 0.855. The molecule has 0 saturated carbocycles. The molecular formula is C14H20N2O4. The fourth-order valence-electron chi connectivity index (χ4n) is 2.27. The molecule has 20 heavy (non-hydrogen) atoms. The number of ether oxygens (including phenoxy) is 2. The van der Waals surface area contributed by atoms with Gasteiger partial charge in [-0.05, 0) is 6.92 Å². The van der Waals surface area contributed by atoms with Crippen LogP contribution in [0.4, 0.5) is 5.69 Å². The molecule has 110 valence electrons. The minimum absolute atomic E-state index is 0.0597. The molecule has 0 radical (unpaired) electrons. The van der Waals surface area contributed by atoms with Crippen molar-refractivity contribution in [2.45, 2.75) is 25.6 Å². The highest BCUT2D eigenvalue weighted by molar-refractivity contribution is 5.39. The Morgan fingerprint density at radius 1 is 1.45 bits per heavy atom. The Hall–Kier alpha value is -1.50. The Labute approximate surface area is 118 Å². The molecule has 0 spiro atoms. The van der Waals surface area contributed by atoms with Crippen LogP contribution in [0.5, 0.6) is 0 Å². The molecule has 6 nitrogen and oxygen atoms in total. The molecule has 1 aromatic carbocycles. The number of nitro groups is 1. The van der Waals surface area contributed by atoms with E-state index in [2.05, 4.69) is 5.32 Å². The fourth-order valence-corrected chi connectivity index (χ4v) is 2.27. The Kier molecular flexibility index (Phi) is 5.46. The Bertz CT molecular complexity index is 453. The van der Waals surface area contributed by atoms with Crippen molar-refractivity contribution in [1.29, 1.82) is 0 Å². The number of hydrogen-bond donors (Lipinski definition) is 1. The summed E-state index contributed by atoms with van der Waals surface area (Å²) < 4.78 is 11.3. The van der Waals surface area contributed by atoms with E-state index >= 15 is 0 Å². The number of morpholine rings is 1. The fraction of sp³-hybridized carbons (Fsp3) is 0.571. The molecule has 0 aliphatic carbocycles. The van der Waals surface area contributed by atoms with Crippen LogP contribution in [0.2, 0.25) is 0 Å². The minimum Gasteiger partial charge on any atom is -0.378 e. The van der Waals surface area contributed by atoms with Gasteiger partial charge in [-0.2, -0.15) is 0 Å². The summed E-state index contributed by atoms with van der Waals surface area (Å²) in [6.45, 7) is 4.64. The van der Waals surface area contributed by atoms with Gasteiger partial charge in [0.25, 0.3) is 5.69 Å². The molecule has 1 N–H and O–H groups in total. The Morgan fingerprint density at radius 2 is 2.25 bits per heavy atom. The number of benzene rings is 1. The number of nitrogens with zero attached hydrogens (tertiary/aromatic N) is 1. The number of nitro benzene ring substituents is 1. The van der Waals surface area contributed by atoms with Gasteiger partial charge in [-0.3, -0.25) is 10.1 Å². The molecule has 1 fully saturated rings. The van der Waals surface area contributed by atoms with Crippen LogP contribution in [-0.4, -0.2) is 43.4 Å². The maximum atomic E-state index is 10.9. The summed E-state index contributed by atoms with van der Waals surface area (Å²) in [4.78, 5) is 10.5. The molecule has 1 heterocycles. The van der Waals surface area contributed by atoms with Crippen LogP contribution in [0.25, 0.3) is 0 Å². The maximum Gasteiger partial charge on any atom is 0.272 e. The third kappa shape index (κ3) is 4.26. The van der Waals surface area contributed by atoms with Gasteiger partial charge in [0.1, 0.15) is 0 Å². The van der Waals surface area contributed by atoms with Crippen LogP contribution in [-0.2, 0) is 15.9 Å². The van der Waals surface area contributed by atoms with Crippen molar-refractivity contribution in [3.8, 4) is 0 Å². The lowest BCUT2D eigenvalue weighted by atomic mass is 10.1. The second-order valence-corrected chi connectivity index (χ2v) is 4.94. The first-order valence-corrected chi connectivity index (χ1v) is 6.83. The molecule has 0 aromatic heterocycles. The van der Waals surface area contributed by atoms with E-state index in [-0.39, 0.29) is 22.8 Å². The highest BCUT2D eigenvalue weighted by Crippen LogP contribution is 2.18. The van der Waals surface area contributed by atoms with Gasteiger partial charge >= 0.3 is 0 Å². The van der Waals surface area contributed by atoms with Gasteiger partial charge in [-0.1, -0.05) is 18.2 Å². The zero-order chi connectivity index (χ0) is 14.4. The Morgan fingerprint density at radius 3 is 3.00 bits per heavy atom. The van der Waals surface area contributed by atoms with Crippen molar-refractivity contribution in [3.63, 3.8) is 0 Å². The third-order valence-electron chi connectivity index (χ3n) is 3.24. The Balaban J connectivity index is 1.74. The van der Waals surface area contributed by atoms with Crippen LogP contribution in [0, 0.1) is 10.1 Å². The van der Waals surface area contributed by atoms with Crippen molar-refractivity contribution < 1.29 is 14.4 Å². The van der Waals surface area contributed by atoms with Gasteiger partial charge in [0.05, 0.1) is 30.3 Å². The van der Waals surface area contributed by atoms with Crippen LogP contribution < -0.4 is 5.32 Å². The first kappa shape index (κ1) is 14.9. The molecule has 0 amide bonds. The van der Waals surface area contributed by atoms with Gasteiger partial charge < -0.3 is 14.8 Å². The number of hydrogen-bond acceptors (Lipinski definition) is 5. The van der Waals surface area contributed by atoms with Crippen molar-refractivity contribution >= 4 is 5.69 Å². The van der Waals surface area contributed by atoms with Crippen molar-refractivity contribution in [3.05, 3.63) is 39.9 Å². The monoisotopic (exact) mass is 280 g/mol. The van der Waals surface area contributed by atoms with Gasteiger partial charge in [0.15, 0.2) is 0 Å². The lowest BCUT2D eigenvalue weighted by Crippen LogP contribution is -2.45. The summed E-state index contributed by atoms with van der Waals surface area (Å²) in [5.74, 6) is 0. The van der Waals surface area contributed by atoms with Crippen molar-refractivity contribution in [2.75, 3.05) is 26.3 Å². The summed E-state index contributed by atoms with van der Waals surface area (Å²) in [6, 6.07) is 6.76. The standard InChI is InChI=1S/C14H20N2O4/c1-11-8-15-9-13(20-11)10-19-7-6-12-4-2-3-5-14(12)16(17)18/h2-5,11,13,15H,6-10H2,1H3. The van der Waals surface area contributed by atoms with Crippen LogP contribution in [0.3, 0.4) is 0 Å². The molecule has 2 atom stereocenters. The minimum atomic E-state index is -0.356. The molecule has 2 rings (SSSR count). The van der Waals surface area contributed by atoms with E-state index in [4.69, 9.17) is 9.47 Å². The molecule has 1 aliphatic rings. The summed E-state index contributed by atoms with van der Waals surface area (Å²) in [5, 5.41) is 14.1. The van der Waals surface area contributed by atoms with E-state index in [9.17, 15) is 10.1 Å². The quantitative estimate of drug-likeness (QED) is 0.486. The SMILES string of the molecule is CC1CNCC(COCCc2ccccc2[N+](=O)[O-])O1. The third-order valence-corrected chi connectivity index (χ3v) is 3.24. The highest BCUT2D eigenvalue weighted by atomic mass is 16.6. The van der Waals surface area contributed by atoms with Crippen LogP contribution in [0.15, 0.2) is 24.3 Å². The number of nitrogens with one attached hydrogen (secondary N) is 1. The first-order chi connectivity index (χ1) is 9.66. The van der Waals surface area contributed by atoms with Crippen LogP contribution in [0.1, 0.15) is 12.5 Å². The van der Waals surface area contributed by atoms with E-state index in [1.807, 2.05) is 6.92 Å². The molecule has 2 unspecified atom stereocenters. The zero-order valence-corrected chi connectivity index (χ0v) is 11.6. The van der Waals surface area contributed by atoms with E-state index < -0.39 is 0 Å². The topological polar surface area (TPSA) is 73.6 Å². The second kappa shape index (κ2) is 7.33. The number of para-hydroxylation sites is 1. The van der Waals surface area contributed by atoms with Crippen molar-refractivity contribution in [2.24, 2.45) is 0 Å². The smallest absolute Gasteiger partial charge is 0.272 e. The molecule has 1 saturated heterocycles. The summed E-state index contributed by atoms with van der Waals surface area (Å²) >= 11 is 0. The molecule has 6 heteroatoms. The second-order valence-electron chi connectivity index (χ2n) is 4.94. The largest absolute Gasteiger partial charge is 0.378 e. The van der Waals surface area contributed by atoms with Gasteiger partial charge in [0.2, 0.25) is 0 Å².